The van der Waals surface area contributed by atoms with Gasteiger partial charge in [0.1, 0.15) is 0 Å². The second-order valence-corrected chi connectivity index (χ2v) is 6.16. The maximum atomic E-state index is 11.5. The van der Waals surface area contributed by atoms with Gasteiger partial charge in [0.2, 0.25) is 10.0 Å². The van der Waals surface area contributed by atoms with Gasteiger partial charge in [-0.1, -0.05) is 13.3 Å². The van der Waals surface area contributed by atoms with Crippen LogP contribution in [0.25, 0.3) is 0 Å². The predicted octanol–water partition coefficient (Wildman–Crippen LogP) is 0.493. The molecule has 5 nitrogen and oxygen atoms in total. The zero-order valence-corrected chi connectivity index (χ0v) is 11.1. The normalized spacial score (nSPS) is 16.0. The Morgan fingerprint density at radius 3 is 2.56 bits per heavy atom. The van der Waals surface area contributed by atoms with Crippen molar-refractivity contribution in [3.8, 4) is 0 Å². The quantitative estimate of drug-likeness (QED) is 0.587. The summed E-state index contributed by atoms with van der Waals surface area (Å²) in [5, 5.41) is 9.80. The molecule has 2 N–H and O–H groups in total. The van der Waals surface area contributed by atoms with Crippen molar-refractivity contribution >= 4 is 10.0 Å². The van der Waals surface area contributed by atoms with E-state index in [9.17, 15) is 13.5 Å². The Morgan fingerprint density at radius 2 is 2.06 bits per heavy atom. The van der Waals surface area contributed by atoms with Gasteiger partial charge in [0.05, 0.1) is 11.4 Å². The van der Waals surface area contributed by atoms with E-state index in [2.05, 4.69) is 4.72 Å². The van der Waals surface area contributed by atoms with Crippen LogP contribution in [0, 0.1) is 0 Å². The fourth-order valence-electron chi connectivity index (χ4n) is 1.36. The highest BCUT2D eigenvalue weighted by molar-refractivity contribution is 7.89. The summed E-state index contributed by atoms with van der Waals surface area (Å²) in [4.78, 5) is 0. The third-order valence-corrected chi connectivity index (χ3v) is 3.63. The Morgan fingerprint density at radius 1 is 1.44 bits per heavy atom. The van der Waals surface area contributed by atoms with E-state index in [1.54, 1.807) is 6.92 Å². The molecule has 0 aromatic heterocycles. The molecule has 0 saturated carbocycles. The number of rotatable bonds is 9. The molecule has 1 unspecified atom stereocenters. The smallest absolute Gasteiger partial charge is 0.211 e. The van der Waals surface area contributed by atoms with Crippen molar-refractivity contribution in [1.29, 1.82) is 0 Å². The van der Waals surface area contributed by atoms with Crippen molar-refractivity contribution in [2.24, 2.45) is 0 Å². The average molecular weight is 253 g/mol. The third-order valence-electron chi connectivity index (χ3n) is 2.22. The molecule has 0 heterocycles. The van der Waals surface area contributed by atoms with Crippen molar-refractivity contribution in [1.82, 2.24) is 4.72 Å². The van der Waals surface area contributed by atoms with Crippen LogP contribution in [0.4, 0.5) is 0 Å². The van der Waals surface area contributed by atoms with Crippen LogP contribution < -0.4 is 4.72 Å². The number of aliphatic hydroxyl groups is 1. The molecule has 0 radical (unpaired) electrons. The summed E-state index contributed by atoms with van der Waals surface area (Å²) in [5.74, 6) is 0.0308. The van der Waals surface area contributed by atoms with Crippen LogP contribution in [0.15, 0.2) is 0 Å². The lowest BCUT2D eigenvalue weighted by Crippen LogP contribution is -2.41. The van der Waals surface area contributed by atoms with Crippen LogP contribution in [-0.4, -0.2) is 45.1 Å². The lowest BCUT2D eigenvalue weighted by molar-refractivity contribution is 0.0554. The van der Waals surface area contributed by atoms with Crippen LogP contribution in [-0.2, 0) is 14.8 Å². The Kier molecular flexibility index (Phi) is 7.14. The fraction of sp³-hybridized carbons (Fsp3) is 1.00. The zero-order valence-electron chi connectivity index (χ0n) is 10.3. The van der Waals surface area contributed by atoms with Crippen LogP contribution >= 0.6 is 0 Å². The van der Waals surface area contributed by atoms with E-state index in [0.29, 0.717) is 19.4 Å². The summed E-state index contributed by atoms with van der Waals surface area (Å²) in [6.45, 7) is 4.07. The van der Waals surface area contributed by atoms with E-state index in [-0.39, 0.29) is 12.3 Å². The van der Waals surface area contributed by atoms with Crippen LogP contribution in [0.1, 0.15) is 33.1 Å². The molecule has 1 atom stereocenters. The van der Waals surface area contributed by atoms with Gasteiger partial charge in [-0.2, -0.15) is 0 Å². The van der Waals surface area contributed by atoms with Crippen molar-refractivity contribution < 1.29 is 18.3 Å². The Labute approximate surface area is 98.2 Å². The number of sulfonamides is 1. The number of nitrogens with one attached hydrogen (secondary N) is 1. The number of hydrogen-bond acceptors (Lipinski definition) is 4. The molecule has 0 bridgehead atoms. The van der Waals surface area contributed by atoms with Crippen molar-refractivity contribution in [3.05, 3.63) is 0 Å². The van der Waals surface area contributed by atoms with Crippen LogP contribution in [0.5, 0.6) is 0 Å². The summed E-state index contributed by atoms with van der Waals surface area (Å²) >= 11 is 0. The maximum Gasteiger partial charge on any atom is 0.211 e. The number of ether oxygens (including phenoxy) is 1. The van der Waals surface area contributed by atoms with Gasteiger partial charge in [-0.25, -0.2) is 13.1 Å². The molecule has 0 aromatic rings. The highest BCUT2D eigenvalue weighted by Gasteiger charge is 2.21. The molecule has 98 valence electrons. The second-order valence-electron chi connectivity index (χ2n) is 4.23. The van der Waals surface area contributed by atoms with E-state index < -0.39 is 15.6 Å². The minimum atomic E-state index is -3.30. The van der Waals surface area contributed by atoms with Crippen LogP contribution in [0.3, 0.4) is 0 Å². The van der Waals surface area contributed by atoms with E-state index >= 15 is 0 Å². The van der Waals surface area contributed by atoms with Gasteiger partial charge >= 0.3 is 0 Å². The van der Waals surface area contributed by atoms with E-state index in [1.165, 1.54) is 7.11 Å². The maximum absolute atomic E-state index is 11.5. The van der Waals surface area contributed by atoms with Crippen LogP contribution in [0.2, 0.25) is 0 Å². The van der Waals surface area contributed by atoms with Gasteiger partial charge in [0, 0.05) is 20.3 Å². The first-order chi connectivity index (χ1) is 7.33. The molecule has 0 aliphatic rings. The molecular formula is C10H23NO4S. The fourth-order valence-corrected chi connectivity index (χ4v) is 2.53. The van der Waals surface area contributed by atoms with Gasteiger partial charge in [-0.15, -0.1) is 0 Å². The van der Waals surface area contributed by atoms with Gasteiger partial charge < -0.3 is 9.84 Å². The summed E-state index contributed by atoms with van der Waals surface area (Å²) < 4.78 is 30.1. The van der Waals surface area contributed by atoms with E-state index in [0.717, 1.165) is 6.42 Å². The van der Waals surface area contributed by atoms with Crippen molar-refractivity contribution in [2.75, 3.05) is 26.0 Å². The predicted molar refractivity (Wildman–Crippen MR) is 63.8 cm³/mol. The molecule has 0 rings (SSSR count). The molecule has 0 saturated heterocycles. The standard InChI is InChI=1S/C10H23NO4S/c1-4-6-10(2,12)9-11-16(13,14)8-5-7-15-3/h11-12H,4-9H2,1-3H3. The van der Waals surface area contributed by atoms with Crippen molar-refractivity contribution in [3.63, 3.8) is 0 Å². The highest BCUT2D eigenvalue weighted by atomic mass is 32.2. The molecule has 0 amide bonds. The largest absolute Gasteiger partial charge is 0.389 e. The first-order valence-electron chi connectivity index (χ1n) is 5.51. The Balaban J connectivity index is 3.98. The molecule has 0 aliphatic carbocycles. The SMILES string of the molecule is CCCC(C)(O)CNS(=O)(=O)CCCOC. The molecule has 0 aliphatic heterocycles. The minimum absolute atomic E-state index is 0.0308. The zero-order chi connectivity index (χ0) is 12.7. The van der Waals surface area contributed by atoms with Gasteiger partial charge in [0.25, 0.3) is 0 Å². The van der Waals surface area contributed by atoms with Crippen molar-refractivity contribution in [2.45, 2.75) is 38.7 Å². The summed E-state index contributed by atoms with van der Waals surface area (Å²) in [6, 6.07) is 0. The molecule has 6 heteroatoms. The van der Waals surface area contributed by atoms with Gasteiger partial charge in [-0.05, 0) is 19.8 Å². The monoisotopic (exact) mass is 253 g/mol. The molecule has 0 fully saturated rings. The summed E-state index contributed by atoms with van der Waals surface area (Å²) in [6.07, 6.45) is 1.85. The molecule has 16 heavy (non-hydrogen) atoms. The number of methoxy groups -OCH3 is 1. The van der Waals surface area contributed by atoms with E-state index in [4.69, 9.17) is 4.74 Å². The Bertz CT molecular complexity index is 275. The molecule has 0 spiro atoms. The lowest BCUT2D eigenvalue weighted by atomic mass is 10.0. The molecular weight excluding hydrogens is 230 g/mol. The third kappa shape index (κ3) is 8.04. The first-order valence-corrected chi connectivity index (χ1v) is 7.17. The van der Waals surface area contributed by atoms with Gasteiger partial charge in [0.15, 0.2) is 0 Å². The first kappa shape index (κ1) is 15.8. The molecule has 0 aromatic carbocycles. The average Bonchev–Trinajstić information content (AvgIpc) is 2.16. The highest BCUT2D eigenvalue weighted by Crippen LogP contribution is 2.10. The Hall–Kier alpha value is -0.170. The summed E-state index contributed by atoms with van der Waals surface area (Å²) in [5.41, 5.74) is -0.969. The summed E-state index contributed by atoms with van der Waals surface area (Å²) in [7, 11) is -1.76. The van der Waals surface area contributed by atoms with Gasteiger partial charge in [-0.3, -0.25) is 0 Å². The number of hydrogen-bond donors (Lipinski definition) is 2. The second kappa shape index (κ2) is 7.21. The van der Waals surface area contributed by atoms with E-state index in [1.807, 2.05) is 6.92 Å². The topological polar surface area (TPSA) is 75.6 Å². The lowest BCUT2D eigenvalue weighted by Gasteiger charge is -2.22. The minimum Gasteiger partial charge on any atom is -0.389 e.